The highest BCUT2D eigenvalue weighted by molar-refractivity contribution is 7.93. The maximum absolute atomic E-state index is 12.7. The average molecular weight is 452 g/mol. The molecular weight excluding hydrogens is 430 g/mol. The minimum atomic E-state index is -3.67. The molecule has 0 atom stereocenters. The molecule has 1 aliphatic heterocycles. The van der Waals surface area contributed by atoms with Crippen molar-refractivity contribution in [1.29, 1.82) is 0 Å². The Balaban J connectivity index is 1.27. The quantitative estimate of drug-likeness (QED) is 0.442. The van der Waals surface area contributed by atoms with Gasteiger partial charge in [0.2, 0.25) is 0 Å². The molecule has 9 heteroatoms. The van der Waals surface area contributed by atoms with Crippen LogP contribution in [0.3, 0.4) is 0 Å². The number of nitrogens with zero attached hydrogens (tertiary/aromatic N) is 3. The predicted molar refractivity (Wildman–Crippen MR) is 126 cm³/mol. The molecule has 7 nitrogen and oxygen atoms in total. The van der Waals surface area contributed by atoms with Crippen molar-refractivity contribution >= 4 is 48.8 Å². The van der Waals surface area contributed by atoms with Crippen LogP contribution in [0.25, 0.3) is 10.9 Å². The number of aromatic nitrogens is 2. The Bertz CT molecular complexity index is 1320. The lowest BCUT2D eigenvalue weighted by Gasteiger charge is -2.20. The van der Waals surface area contributed by atoms with Crippen molar-refractivity contribution in [2.75, 3.05) is 34.6 Å². The minimum Gasteiger partial charge on any atom is -0.382 e. The molecule has 4 aromatic rings. The van der Waals surface area contributed by atoms with Crippen LogP contribution in [0.5, 0.6) is 0 Å². The first kappa shape index (κ1) is 19.8. The van der Waals surface area contributed by atoms with E-state index in [4.69, 9.17) is 0 Å². The summed E-state index contributed by atoms with van der Waals surface area (Å²) in [5.41, 5.74) is 4.09. The molecule has 0 amide bonds. The van der Waals surface area contributed by atoms with Crippen LogP contribution in [0.2, 0.25) is 0 Å². The molecule has 0 bridgehead atoms. The van der Waals surface area contributed by atoms with Crippen LogP contribution in [0.4, 0.5) is 16.5 Å². The summed E-state index contributed by atoms with van der Waals surface area (Å²) >= 11 is 1.25. The summed E-state index contributed by atoms with van der Waals surface area (Å²) in [7, 11) is -3.67. The van der Waals surface area contributed by atoms with Gasteiger partial charge in [-0.2, -0.15) is 0 Å². The second kappa shape index (κ2) is 8.16. The summed E-state index contributed by atoms with van der Waals surface area (Å²) in [6.07, 6.45) is 4.33. The molecule has 31 heavy (non-hydrogen) atoms. The SMILES string of the molecule is O=S(=O)(Nc1nccs1)c1ccc2c(c1)N(CCNc1cnc3ccccc3c1)CC2. The number of hydrogen-bond donors (Lipinski definition) is 2. The van der Waals surface area contributed by atoms with Crippen molar-refractivity contribution in [3.05, 3.63) is 71.9 Å². The molecule has 0 fully saturated rings. The molecule has 0 spiro atoms. The predicted octanol–water partition coefficient (Wildman–Crippen LogP) is 3.97. The Morgan fingerprint density at radius 1 is 1.10 bits per heavy atom. The number of rotatable bonds is 7. The average Bonchev–Trinajstić information content (AvgIpc) is 3.43. The van der Waals surface area contributed by atoms with Gasteiger partial charge < -0.3 is 10.2 Å². The van der Waals surface area contributed by atoms with Gasteiger partial charge in [-0.3, -0.25) is 9.71 Å². The van der Waals surface area contributed by atoms with Crippen LogP contribution in [0, 0.1) is 0 Å². The summed E-state index contributed by atoms with van der Waals surface area (Å²) < 4.78 is 28.0. The lowest BCUT2D eigenvalue weighted by Crippen LogP contribution is -2.27. The Morgan fingerprint density at radius 2 is 2.00 bits per heavy atom. The number of pyridine rings is 1. The summed E-state index contributed by atoms with van der Waals surface area (Å²) in [4.78, 5) is 11.0. The van der Waals surface area contributed by atoms with Gasteiger partial charge in [-0.1, -0.05) is 24.3 Å². The zero-order valence-corrected chi connectivity index (χ0v) is 18.3. The fourth-order valence-electron chi connectivity index (χ4n) is 3.78. The standard InChI is InChI=1S/C22H21N5O2S2/c28-31(29,26-22-24-9-12-30-22)19-6-5-16-7-10-27(21(16)14-19)11-8-23-18-13-17-3-1-2-4-20(17)25-15-18/h1-6,9,12-15,23H,7-8,10-11H2,(H,24,26). The first-order chi connectivity index (χ1) is 15.1. The molecule has 3 heterocycles. The summed E-state index contributed by atoms with van der Waals surface area (Å²) in [6, 6.07) is 15.5. The molecule has 0 unspecified atom stereocenters. The topological polar surface area (TPSA) is 87.2 Å². The summed E-state index contributed by atoms with van der Waals surface area (Å²) in [5.74, 6) is 0. The zero-order valence-electron chi connectivity index (χ0n) is 16.7. The van der Waals surface area contributed by atoms with Crippen LogP contribution in [-0.4, -0.2) is 38.0 Å². The van der Waals surface area contributed by atoms with Crippen LogP contribution >= 0.6 is 11.3 Å². The third kappa shape index (κ3) is 4.19. The fraction of sp³-hybridized carbons (Fsp3) is 0.182. The molecule has 5 rings (SSSR count). The highest BCUT2D eigenvalue weighted by atomic mass is 32.2. The van der Waals surface area contributed by atoms with E-state index >= 15 is 0 Å². The van der Waals surface area contributed by atoms with Crippen LogP contribution in [0.1, 0.15) is 5.56 Å². The van der Waals surface area contributed by atoms with Gasteiger partial charge in [0, 0.05) is 42.3 Å². The number of anilines is 3. The van der Waals surface area contributed by atoms with Gasteiger partial charge in [0.25, 0.3) is 10.0 Å². The lowest BCUT2D eigenvalue weighted by atomic mass is 10.2. The molecule has 0 saturated carbocycles. The first-order valence-corrected chi connectivity index (χ1v) is 12.3. The van der Waals surface area contributed by atoms with Gasteiger partial charge >= 0.3 is 0 Å². The summed E-state index contributed by atoms with van der Waals surface area (Å²) in [6.45, 7) is 2.37. The zero-order chi connectivity index (χ0) is 21.3. The molecule has 2 aromatic carbocycles. The Kier molecular flexibility index (Phi) is 5.21. The van der Waals surface area contributed by atoms with Crippen molar-refractivity contribution < 1.29 is 8.42 Å². The monoisotopic (exact) mass is 451 g/mol. The van der Waals surface area contributed by atoms with Gasteiger partial charge in [0.15, 0.2) is 5.13 Å². The molecule has 2 N–H and O–H groups in total. The minimum absolute atomic E-state index is 0.250. The summed E-state index contributed by atoms with van der Waals surface area (Å²) in [5, 5.41) is 6.63. The third-order valence-electron chi connectivity index (χ3n) is 5.31. The second-order valence-corrected chi connectivity index (χ2v) is 9.89. The molecule has 0 saturated heterocycles. The molecular formula is C22H21N5O2S2. The fourth-order valence-corrected chi connectivity index (χ4v) is 5.58. The van der Waals surface area contributed by atoms with Crippen molar-refractivity contribution in [3.8, 4) is 0 Å². The van der Waals surface area contributed by atoms with E-state index in [2.05, 4.69) is 31.0 Å². The number of benzene rings is 2. The van der Waals surface area contributed by atoms with Crippen molar-refractivity contribution in [2.45, 2.75) is 11.3 Å². The van der Waals surface area contributed by atoms with E-state index in [1.165, 1.54) is 16.9 Å². The van der Waals surface area contributed by atoms with E-state index in [1.54, 1.807) is 23.7 Å². The largest absolute Gasteiger partial charge is 0.382 e. The van der Waals surface area contributed by atoms with E-state index in [9.17, 15) is 8.42 Å². The van der Waals surface area contributed by atoms with Crippen LogP contribution in [-0.2, 0) is 16.4 Å². The molecule has 2 aromatic heterocycles. The van der Waals surface area contributed by atoms with Gasteiger partial charge in [0.1, 0.15) is 0 Å². The Labute approximate surface area is 184 Å². The number of thiazole rings is 1. The normalized spacial score (nSPS) is 13.4. The van der Waals surface area contributed by atoms with Crippen LogP contribution in [0.15, 0.2) is 71.2 Å². The first-order valence-electron chi connectivity index (χ1n) is 9.97. The maximum atomic E-state index is 12.7. The number of sulfonamides is 1. The molecule has 0 radical (unpaired) electrons. The maximum Gasteiger partial charge on any atom is 0.263 e. The second-order valence-electron chi connectivity index (χ2n) is 7.31. The Hall–Kier alpha value is -3.17. The smallest absolute Gasteiger partial charge is 0.263 e. The molecule has 1 aliphatic rings. The van der Waals surface area contributed by atoms with E-state index in [-0.39, 0.29) is 4.90 Å². The Morgan fingerprint density at radius 3 is 2.87 bits per heavy atom. The lowest BCUT2D eigenvalue weighted by molar-refractivity contribution is 0.601. The van der Waals surface area contributed by atoms with Crippen LogP contribution < -0.4 is 14.9 Å². The highest BCUT2D eigenvalue weighted by Gasteiger charge is 2.23. The van der Waals surface area contributed by atoms with E-state index in [0.717, 1.165) is 48.3 Å². The van der Waals surface area contributed by atoms with E-state index in [0.29, 0.717) is 5.13 Å². The van der Waals surface area contributed by atoms with Gasteiger partial charge in [-0.05, 0) is 36.2 Å². The van der Waals surface area contributed by atoms with Gasteiger partial charge in [0.05, 0.1) is 22.3 Å². The van der Waals surface area contributed by atoms with Gasteiger partial charge in [-0.15, -0.1) is 11.3 Å². The highest BCUT2D eigenvalue weighted by Crippen LogP contribution is 2.31. The van der Waals surface area contributed by atoms with Gasteiger partial charge in [-0.25, -0.2) is 13.4 Å². The molecule has 158 valence electrons. The number of nitrogens with one attached hydrogen (secondary N) is 2. The van der Waals surface area contributed by atoms with Crippen molar-refractivity contribution in [1.82, 2.24) is 9.97 Å². The van der Waals surface area contributed by atoms with Crippen molar-refractivity contribution in [2.24, 2.45) is 0 Å². The third-order valence-corrected chi connectivity index (χ3v) is 7.47. The number of fused-ring (bicyclic) bond motifs is 2. The van der Waals surface area contributed by atoms with E-state index in [1.807, 2.05) is 36.5 Å². The number of hydrogen-bond acceptors (Lipinski definition) is 7. The van der Waals surface area contributed by atoms with Crippen molar-refractivity contribution in [3.63, 3.8) is 0 Å². The molecule has 0 aliphatic carbocycles. The number of para-hydroxylation sites is 1. The van der Waals surface area contributed by atoms with E-state index < -0.39 is 10.0 Å².